The van der Waals surface area contributed by atoms with Crippen molar-refractivity contribution in [2.75, 3.05) is 0 Å². The van der Waals surface area contributed by atoms with Crippen LogP contribution in [0.4, 0.5) is 0 Å². The number of aliphatic carboxylic acids is 2. The maximum atomic E-state index is 9.64. The number of rotatable bonds is 3. The Morgan fingerprint density at radius 2 is 0.417 bits per heavy atom. The van der Waals surface area contributed by atoms with E-state index in [1.807, 2.05) is 0 Å². The van der Waals surface area contributed by atoms with E-state index >= 15 is 0 Å². The Morgan fingerprint density at radius 1 is 0.361 bits per heavy atom. The predicted molar refractivity (Wildman–Crippen MR) is 47.5 cm³/mol. The van der Waals surface area contributed by atoms with Crippen molar-refractivity contribution in [1.82, 2.24) is 0 Å². The monoisotopic (exact) mass is 630 g/mol. The quantitative estimate of drug-likeness (QED) is 0.274. The van der Waals surface area contributed by atoms with Gasteiger partial charge in [0.25, 0.3) is 0 Å². The van der Waals surface area contributed by atoms with E-state index < -0.39 is 41.2 Å². The minimum atomic E-state index is -2.92. The summed E-state index contributed by atoms with van der Waals surface area (Å²) in [7, 11) is -11.7. The molecule has 0 radical (unpaired) electrons. The van der Waals surface area contributed by atoms with E-state index in [4.69, 9.17) is 70.5 Å². The molecule has 0 spiro atoms. The molecule has 32 heteroatoms. The summed E-state index contributed by atoms with van der Waals surface area (Å²) in [5.74, 6) is -2.15. The zero-order chi connectivity index (χ0) is 20.9. The van der Waals surface area contributed by atoms with Crippen LogP contribution in [0.25, 0.3) is 0 Å². The summed E-state index contributed by atoms with van der Waals surface area (Å²) in [6.07, 6.45) is -0.593. The molecule has 142 valence electrons. The Morgan fingerprint density at radius 3 is 0.444 bits per heavy atom. The van der Waals surface area contributed by atoms with Gasteiger partial charge >= 0.3 is 367 Å². The second-order valence-corrected chi connectivity index (χ2v) is 2.44. The van der Waals surface area contributed by atoms with Crippen LogP contribution in [-0.4, -0.2) is 51.4 Å². The standard InChI is InChI=1S/C4H6O4.4BO3.12Na/c5-3(6)1-2-4(7)8;4*2-1(3)4;;;;;;;;;;;;/h1-2H2,(H,5,6)(H,7,8);;;;;;;;;;;;;;;;/q;4*-3;12*+1. The summed E-state index contributed by atoms with van der Waals surface area (Å²) in [4.78, 5) is 19.3. The van der Waals surface area contributed by atoms with Gasteiger partial charge in [0.15, 0.2) is 0 Å². The Hall–Kier alpha value is 10.7. The van der Waals surface area contributed by atoms with E-state index in [-0.39, 0.29) is 368 Å². The van der Waals surface area contributed by atoms with Gasteiger partial charge in [-0.3, -0.25) is 38.9 Å². The second kappa shape index (κ2) is 96.9. The Balaban J connectivity index is -0.00000000792. The normalized spacial score (nSPS) is 4.89. The molecule has 0 saturated heterocycles. The largest absolute Gasteiger partial charge is 1.00 e. The fourth-order valence-electron chi connectivity index (χ4n) is 0.214. The van der Waals surface area contributed by atoms with Gasteiger partial charge in [0.05, 0.1) is 12.8 Å². The zero-order valence-corrected chi connectivity index (χ0v) is 47.3. The van der Waals surface area contributed by atoms with Crippen LogP contribution in [0.5, 0.6) is 0 Å². The van der Waals surface area contributed by atoms with Crippen molar-refractivity contribution in [3.8, 4) is 0 Å². The molecule has 0 saturated carbocycles. The Labute approximate surface area is 476 Å². The Kier molecular flexibility index (Phi) is 298. The number of hydrogen-bond acceptors (Lipinski definition) is 14. The molecule has 2 N–H and O–H groups in total. The summed E-state index contributed by atoms with van der Waals surface area (Å²) >= 11 is 0. The van der Waals surface area contributed by atoms with Gasteiger partial charge in [0.1, 0.15) is 0 Å². The van der Waals surface area contributed by atoms with Gasteiger partial charge in [-0.2, -0.15) is 0 Å². The van der Waals surface area contributed by atoms with Gasteiger partial charge in [-0.1, -0.05) is 0 Å². The molecule has 36 heavy (non-hydrogen) atoms. The van der Waals surface area contributed by atoms with Crippen molar-refractivity contribution in [3.05, 3.63) is 0 Å². The van der Waals surface area contributed by atoms with Crippen LogP contribution in [0, 0.1) is 0 Å². The molecule has 0 bridgehead atoms. The van der Waals surface area contributed by atoms with E-state index in [2.05, 4.69) is 0 Å². The van der Waals surface area contributed by atoms with Gasteiger partial charge in [-0.25, -0.2) is 0 Å². The number of carbonyl (C=O) groups is 2. The number of hydrogen-bond donors (Lipinski definition) is 2. The summed E-state index contributed by atoms with van der Waals surface area (Å²) in [5, 5.41) is 117. The van der Waals surface area contributed by atoms with Gasteiger partial charge in [-0.15, -0.1) is 0 Å². The Bertz CT molecular complexity index is 243. The molecule has 0 unspecified atom stereocenters. The van der Waals surface area contributed by atoms with Gasteiger partial charge in [-0.05, 0) is 0 Å². The summed E-state index contributed by atoms with van der Waals surface area (Å²) in [5.41, 5.74) is 0. The van der Waals surface area contributed by atoms with Crippen molar-refractivity contribution in [3.63, 3.8) is 0 Å². The second-order valence-electron chi connectivity index (χ2n) is 2.44. The minimum Gasteiger partial charge on any atom is -0.907 e. The zero-order valence-electron chi connectivity index (χ0n) is 23.3. The van der Waals surface area contributed by atoms with Crippen LogP contribution in [0.15, 0.2) is 0 Å². The van der Waals surface area contributed by atoms with E-state index in [0.29, 0.717) is 0 Å². The van der Waals surface area contributed by atoms with Crippen molar-refractivity contribution in [2.45, 2.75) is 12.8 Å². The van der Waals surface area contributed by atoms with E-state index in [1.165, 1.54) is 0 Å². The molecule has 0 aromatic heterocycles. The van der Waals surface area contributed by atoms with Crippen molar-refractivity contribution < 1.29 is 435 Å². The molecule has 0 aromatic rings. The van der Waals surface area contributed by atoms with E-state index in [0.717, 1.165) is 0 Å². The van der Waals surface area contributed by atoms with Crippen LogP contribution in [0.1, 0.15) is 12.8 Å². The fraction of sp³-hybridized carbons (Fsp3) is 0.500. The maximum absolute atomic E-state index is 9.64. The first kappa shape index (κ1) is 111. The molecule has 0 aliphatic heterocycles. The predicted octanol–water partition coefficient (Wildman–Crippen LogP) is -51.8. The smallest absolute Gasteiger partial charge is 0.907 e. The molecule has 0 amide bonds. The van der Waals surface area contributed by atoms with E-state index in [1.54, 1.807) is 0 Å². The molecular weight excluding hydrogens is 623 g/mol. The molecule has 0 rings (SSSR count). The summed E-state index contributed by atoms with van der Waals surface area (Å²) < 4.78 is 0. The number of carboxylic acid groups (broad SMARTS) is 2. The average Bonchev–Trinajstić information content (AvgIpc) is 2.22. The van der Waals surface area contributed by atoms with Gasteiger partial charge < -0.3 is 70.5 Å². The molecule has 0 fully saturated rings. The molecule has 0 aliphatic carbocycles. The van der Waals surface area contributed by atoms with Crippen molar-refractivity contribution in [1.29, 1.82) is 0 Å². The van der Waals surface area contributed by atoms with Crippen molar-refractivity contribution >= 4 is 41.2 Å². The third-order valence-corrected chi connectivity index (χ3v) is 0.553. The fourth-order valence-corrected chi connectivity index (χ4v) is 0.214. The van der Waals surface area contributed by atoms with Crippen molar-refractivity contribution in [2.24, 2.45) is 0 Å². The summed E-state index contributed by atoms with van der Waals surface area (Å²) in [6.45, 7) is 0. The molecule has 0 atom stereocenters. The van der Waals surface area contributed by atoms with Gasteiger partial charge in [0.2, 0.25) is 0 Å². The molecule has 0 aliphatic rings. The molecular formula is C4H6B4Na12O16. The van der Waals surface area contributed by atoms with Crippen LogP contribution >= 0.6 is 0 Å². The van der Waals surface area contributed by atoms with Gasteiger partial charge in [0, 0.05) is 0 Å². The molecule has 16 nitrogen and oxygen atoms in total. The van der Waals surface area contributed by atoms with Crippen LogP contribution in [0.3, 0.4) is 0 Å². The first-order valence-electron chi connectivity index (χ1n) is 4.89. The first-order chi connectivity index (χ1) is 10.6. The summed E-state index contributed by atoms with van der Waals surface area (Å²) in [6, 6.07) is 0. The topological polar surface area (TPSA) is 351 Å². The van der Waals surface area contributed by atoms with Crippen LogP contribution < -0.4 is 415 Å². The SMILES string of the molecule is O=C(O)CCC(=O)O.[Na+].[Na+].[Na+].[Na+].[Na+].[Na+].[Na+].[Na+].[Na+].[Na+].[Na+].[Na+].[O-]B([O-])[O-].[O-]B([O-])[O-].[O-]B([O-])[O-].[O-]B([O-])[O-]. The third-order valence-electron chi connectivity index (χ3n) is 0.553. The minimum absolute atomic E-state index is 0. The third kappa shape index (κ3) is 346. The first-order valence-corrected chi connectivity index (χ1v) is 4.89. The molecule has 0 heterocycles. The van der Waals surface area contributed by atoms with E-state index in [9.17, 15) is 9.59 Å². The van der Waals surface area contributed by atoms with Crippen LogP contribution in [-0.2, 0) is 9.59 Å². The maximum Gasteiger partial charge on any atom is 1.00 e. The molecule has 0 aromatic carbocycles. The number of carboxylic acids is 2. The van der Waals surface area contributed by atoms with Crippen LogP contribution in [0.2, 0.25) is 0 Å². The average molecular weight is 629 g/mol.